The fourth-order valence-electron chi connectivity index (χ4n) is 2.46. The maximum Gasteiger partial charge on any atom is 0.0369 e. The average Bonchev–Trinajstić information content (AvgIpc) is 2.54. The van der Waals surface area contributed by atoms with Gasteiger partial charge in [0.05, 0.1) is 0 Å². The number of aryl methyl sites for hydroxylation is 1. The van der Waals surface area contributed by atoms with Gasteiger partial charge in [0.1, 0.15) is 0 Å². The Balaban J connectivity index is 2.13. The van der Waals surface area contributed by atoms with Gasteiger partial charge in [-0.15, -0.1) is 0 Å². The molecule has 0 bridgehead atoms. The summed E-state index contributed by atoms with van der Waals surface area (Å²) in [6, 6.07) is 9.46. The van der Waals surface area contributed by atoms with Crippen LogP contribution in [0, 0.1) is 12.8 Å². The first-order valence-corrected chi connectivity index (χ1v) is 6.72. The molecule has 1 N–H and O–H groups in total. The zero-order valence-electron chi connectivity index (χ0n) is 11.2. The summed E-state index contributed by atoms with van der Waals surface area (Å²) in [6.07, 6.45) is 1.23. The molecule has 1 aromatic rings. The SMILES string of the molecule is Cc1cccc(N2CCCNC(C(C)C)C2)c1. The van der Waals surface area contributed by atoms with E-state index in [9.17, 15) is 0 Å². The van der Waals surface area contributed by atoms with Gasteiger partial charge in [-0.05, 0) is 43.5 Å². The average molecular weight is 232 g/mol. The van der Waals surface area contributed by atoms with Gasteiger partial charge in [0.15, 0.2) is 0 Å². The summed E-state index contributed by atoms with van der Waals surface area (Å²) in [5, 5.41) is 3.65. The minimum Gasteiger partial charge on any atom is -0.370 e. The number of anilines is 1. The van der Waals surface area contributed by atoms with E-state index in [0.29, 0.717) is 12.0 Å². The summed E-state index contributed by atoms with van der Waals surface area (Å²) in [4.78, 5) is 2.53. The van der Waals surface area contributed by atoms with Gasteiger partial charge in [-0.3, -0.25) is 0 Å². The molecule has 2 rings (SSSR count). The van der Waals surface area contributed by atoms with Gasteiger partial charge in [0, 0.05) is 24.8 Å². The predicted octanol–water partition coefficient (Wildman–Crippen LogP) is 2.82. The molecule has 94 valence electrons. The van der Waals surface area contributed by atoms with Crippen molar-refractivity contribution in [2.24, 2.45) is 5.92 Å². The largest absolute Gasteiger partial charge is 0.370 e. The quantitative estimate of drug-likeness (QED) is 0.843. The van der Waals surface area contributed by atoms with Gasteiger partial charge in [0.2, 0.25) is 0 Å². The van der Waals surface area contributed by atoms with Gasteiger partial charge in [-0.1, -0.05) is 26.0 Å². The fourth-order valence-corrected chi connectivity index (χ4v) is 2.46. The first-order chi connectivity index (χ1) is 8.16. The third-order valence-electron chi connectivity index (χ3n) is 3.60. The van der Waals surface area contributed by atoms with E-state index in [1.54, 1.807) is 0 Å². The van der Waals surface area contributed by atoms with Crippen LogP contribution in [0.4, 0.5) is 5.69 Å². The molecule has 0 saturated carbocycles. The Hall–Kier alpha value is -1.02. The highest BCUT2D eigenvalue weighted by Crippen LogP contribution is 2.19. The highest BCUT2D eigenvalue weighted by Gasteiger charge is 2.20. The van der Waals surface area contributed by atoms with Crippen molar-refractivity contribution in [1.29, 1.82) is 0 Å². The van der Waals surface area contributed by atoms with Crippen LogP contribution in [0.25, 0.3) is 0 Å². The van der Waals surface area contributed by atoms with Crippen LogP contribution in [-0.2, 0) is 0 Å². The third-order valence-corrected chi connectivity index (χ3v) is 3.60. The van der Waals surface area contributed by atoms with Crippen molar-refractivity contribution >= 4 is 5.69 Å². The zero-order valence-corrected chi connectivity index (χ0v) is 11.2. The van der Waals surface area contributed by atoms with Crippen molar-refractivity contribution < 1.29 is 0 Å². The lowest BCUT2D eigenvalue weighted by atomic mass is 10.0. The Kier molecular flexibility index (Phi) is 4.06. The van der Waals surface area contributed by atoms with E-state index in [2.05, 4.69) is 55.3 Å². The van der Waals surface area contributed by atoms with Crippen molar-refractivity contribution in [2.45, 2.75) is 33.2 Å². The monoisotopic (exact) mass is 232 g/mol. The van der Waals surface area contributed by atoms with E-state index < -0.39 is 0 Å². The molecular formula is C15H24N2. The molecule has 0 amide bonds. The maximum atomic E-state index is 3.65. The lowest BCUT2D eigenvalue weighted by molar-refractivity contribution is 0.420. The molecule has 1 atom stereocenters. The van der Waals surface area contributed by atoms with Crippen LogP contribution in [0.5, 0.6) is 0 Å². The molecule has 2 nitrogen and oxygen atoms in total. The molecule has 0 aromatic heterocycles. The van der Waals surface area contributed by atoms with E-state index in [-0.39, 0.29) is 0 Å². The molecule has 1 aromatic carbocycles. The van der Waals surface area contributed by atoms with Crippen molar-refractivity contribution in [3.63, 3.8) is 0 Å². The molecule has 2 heteroatoms. The molecule has 1 aliphatic heterocycles. The minimum atomic E-state index is 0.609. The van der Waals surface area contributed by atoms with Crippen molar-refractivity contribution in [3.05, 3.63) is 29.8 Å². The van der Waals surface area contributed by atoms with Crippen molar-refractivity contribution in [3.8, 4) is 0 Å². The Bertz CT molecular complexity index is 360. The minimum absolute atomic E-state index is 0.609. The van der Waals surface area contributed by atoms with E-state index in [1.165, 1.54) is 24.2 Å². The predicted molar refractivity (Wildman–Crippen MR) is 74.6 cm³/mol. The van der Waals surface area contributed by atoms with Crippen LogP contribution in [0.2, 0.25) is 0 Å². The van der Waals surface area contributed by atoms with Crippen LogP contribution in [0.15, 0.2) is 24.3 Å². The molecule has 1 fully saturated rings. The Labute approximate surface area is 105 Å². The summed E-state index contributed by atoms with van der Waals surface area (Å²) in [5.41, 5.74) is 2.72. The van der Waals surface area contributed by atoms with Crippen LogP contribution in [-0.4, -0.2) is 25.7 Å². The molecule has 0 radical (unpaired) electrons. The van der Waals surface area contributed by atoms with Crippen LogP contribution >= 0.6 is 0 Å². The molecule has 1 aliphatic rings. The number of nitrogens with one attached hydrogen (secondary N) is 1. The van der Waals surface area contributed by atoms with Gasteiger partial charge in [-0.25, -0.2) is 0 Å². The maximum absolute atomic E-state index is 3.65. The van der Waals surface area contributed by atoms with Gasteiger partial charge >= 0.3 is 0 Å². The molecule has 17 heavy (non-hydrogen) atoms. The highest BCUT2D eigenvalue weighted by atomic mass is 15.2. The number of hydrogen-bond donors (Lipinski definition) is 1. The number of benzene rings is 1. The Morgan fingerprint density at radius 1 is 1.35 bits per heavy atom. The van der Waals surface area contributed by atoms with Crippen LogP contribution in [0.3, 0.4) is 0 Å². The van der Waals surface area contributed by atoms with E-state index >= 15 is 0 Å². The van der Waals surface area contributed by atoms with Crippen LogP contribution < -0.4 is 10.2 Å². The lowest BCUT2D eigenvalue weighted by Crippen LogP contribution is -2.41. The van der Waals surface area contributed by atoms with E-state index in [4.69, 9.17) is 0 Å². The first kappa shape index (κ1) is 12.4. The molecule has 1 heterocycles. The van der Waals surface area contributed by atoms with Gasteiger partial charge in [0.25, 0.3) is 0 Å². The normalized spacial score (nSPS) is 21.6. The molecule has 1 saturated heterocycles. The zero-order chi connectivity index (χ0) is 12.3. The molecule has 0 spiro atoms. The summed E-state index contributed by atoms with van der Waals surface area (Å²) >= 11 is 0. The first-order valence-electron chi connectivity index (χ1n) is 6.72. The smallest absolute Gasteiger partial charge is 0.0369 e. The topological polar surface area (TPSA) is 15.3 Å². The van der Waals surface area contributed by atoms with Crippen LogP contribution in [0.1, 0.15) is 25.8 Å². The summed E-state index contributed by atoms with van der Waals surface area (Å²) in [7, 11) is 0. The second kappa shape index (κ2) is 5.54. The summed E-state index contributed by atoms with van der Waals surface area (Å²) < 4.78 is 0. The summed E-state index contributed by atoms with van der Waals surface area (Å²) in [6.45, 7) is 10.2. The third kappa shape index (κ3) is 3.22. The number of rotatable bonds is 2. The molecule has 1 unspecified atom stereocenters. The highest BCUT2D eigenvalue weighted by molar-refractivity contribution is 5.48. The second-order valence-electron chi connectivity index (χ2n) is 5.44. The standard InChI is InChI=1S/C15H24N2/c1-12(2)15-11-17(9-5-8-16-15)14-7-4-6-13(3)10-14/h4,6-7,10,12,15-16H,5,8-9,11H2,1-3H3. The van der Waals surface area contributed by atoms with E-state index in [1.807, 2.05) is 0 Å². The molecule has 0 aliphatic carbocycles. The van der Waals surface area contributed by atoms with E-state index in [0.717, 1.165) is 13.1 Å². The Morgan fingerprint density at radius 3 is 2.88 bits per heavy atom. The second-order valence-corrected chi connectivity index (χ2v) is 5.44. The van der Waals surface area contributed by atoms with Crippen molar-refractivity contribution in [2.75, 3.05) is 24.5 Å². The number of hydrogen-bond acceptors (Lipinski definition) is 2. The number of nitrogens with zero attached hydrogens (tertiary/aromatic N) is 1. The van der Waals surface area contributed by atoms with Gasteiger partial charge in [-0.2, -0.15) is 0 Å². The lowest BCUT2D eigenvalue weighted by Gasteiger charge is -2.28. The summed E-state index contributed by atoms with van der Waals surface area (Å²) in [5.74, 6) is 0.695. The molecular weight excluding hydrogens is 208 g/mol. The Morgan fingerprint density at radius 2 is 2.18 bits per heavy atom. The fraction of sp³-hybridized carbons (Fsp3) is 0.600. The van der Waals surface area contributed by atoms with Crippen molar-refractivity contribution in [1.82, 2.24) is 5.32 Å². The van der Waals surface area contributed by atoms with Gasteiger partial charge < -0.3 is 10.2 Å².